The molecule has 90 valence electrons. The number of hydrogen-bond acceptors (Lipinski definition) is 3. The van der Waals surface area contributed by atoms with Crippen molar-refractivity contribution < 1.29 is 14.7 Å². The Morgan fingerprint density at radius 2 is 2.18 bits per heavy atom. The Morgan fingerprint density at radius 3 is 2.76 bits per heavy atom. The normalized spacial score (nSPS) is 16.3. The van der Waals surface area contributed by atoms with E-state index >= 15 is 0 Å². The standard InChI is InChI=1S/C12H14N2O3/c1-7(8-2-3-8)11(15)14-10-4-9(12(16)17)5-13-6-10/h4-8H,2-3H2,1H3,(H,14,15)(H,16,17). The molecule has 0 bridgehead atoms. The van der Waals surface area contributed by atoms with E-state index in [9.17, 15) is 9.59 Å². The van der Waals surface area contributed by atoms with Crippen molar-refractivity contribution in [2.24, 2.45) is 11.8 Å². The minimum Gasteiger partial charge on any atom is -0.478 e. The van der Waals surface area contributed by atoms with Crippen molar-refractivity contribution in [2.45, 2.75) is 19.8 Å². The molecule has 1 atom stereocenters. The largest absolute Gasteiger partial charge is 0.478 e. The number of carbonyl (C=O) groups excluding carboxylic acids is 1. The van der Waals surface area contributed by atoms with Gasteiger partial charge in [0, 0.05) is 12.1 Å². The van der Waals surface area contributed by atoms with Gasteiger partial charge in [0.25, 0.3) is 0 Å². The summed E-state index contributed by atoms with van der Waals surface area (Å²) in [6, 6.07) is 1.41. The zero-order valence-corrected chi connectivity index (χ0v) is 9.51. The van der Waals surface area contributed by atoms with Gasteiger partial charge < -0.3 is 10.4 Å². The van der Waals surface area contributed by atoms with Crippen molar-refractivity contribution >= 4 is 17.6 Å². The summed E-state index contributed by atoms with van der Waals surface area (Å²) >= 11 is 0. The van der Waals surface area contributed by atoms with Gasteiger partial charge in [-0.2, -0.15) is 0 Å². The average molecular weight is 234 g/mol. The molecule has 1 aromatic heterocycles. The molecule has 5 heteroatoms. The number of pyridine rings is 1. The Kier molecular flexibility index (Phi) is 3.08. The van der Waals surface area contributed by atoms with Crippen LogP contribution in [0.15, 0.2) is 18.5 Å². The van der Waals surface area contributed by atoms with Crippen LogP contribution in [0.4, 0.5) is 5.69 Å². The summed E-state index contributed by atoms with van der Waals surface area (Å²) in [4.78, 5) is 26.3. The number of hydrogen-bond donors (Lipinski definition) is 2. The van der Waals surface area contributed by atoms with Crippen LogP contribution in [-0.4, -0.2) is 22.0 Å². The molecule has 0 spiro atoms. The zero-order valence-electron chi connectivity index (χ0n) is 9.51. The predicted octanol–water partition coefficient (Wildman–Crippen LogP) is 1.76. The quantitative estimate of drug-likeness (QED) is 0.832. The van der Waals surface area contributed by atoms with Gasteiger partial charge in [0.1, 0.15) is 0 Å². The second-order valence-corrected chi connectivity index (χ2v) is 4.38. The molecule has 1 aromatic rings. The van der Waals surface area contributed by atoms with Crippen LogP contribution in [0.1, 0.15) is 30.1 Å². The van der Waals surface area contributed by atoms with Crippen LogP contribution in [0, 0.1) is 11.8 Å². The van der Waals surface area contributed by atoms with Crippen LogP contribution in [0.5, 0.6) is 0 Å². The van der Waals surface area contributed by atoms with Crippen molar-refractivity contribution in [1.29, 1.82) is 0 Å². The van der Waals surface area contributed by atoms with E-state index in [2.05, 4.69) is 10.3 Å². The maximum Gasteiger partial charge on any atom is 0.337 e. The number of rotatable bonds is 4. The summed E-state index contributed by atoms with van der Waals surface area (Å²) in [6.45, 7) is 1.89. The Balaban J connectivity index is 2.04. The van der Waals surface area contributed by atoms with E-state index < -0.39 is 5.97 Å². The van der Waals surface area contributed by atoms with E-state index in [1.807, 2.05) is 6.92 Å². The first-order valence-corrected chi connectivity index (χ1v) is 5.57. The van der Waals surface area contributed by atoms with Gasteiger partial charge in [-0.15, -0.1) is 0 Å². The van der Waals surface area contributed by atoms with Gasteiger partial charge in [0.05, 0.1) is 17.4 Å². The van der Waals surface area contributed by atoms with E-state index in [0.717, 1.165) is 12.8 Å². The second-order valence-electron chi connectivity index (χ2n) is 4.38. The third-order valence-electron chi connectivity index (χ3n) is 3.00. The molecule has 5 nitrogen and oxygen atoms in total. The summed E-state index contributed by atoms with van der Waals surface area (Å²) in [5.74, 6) is -0.672. The average Bonchev–Trinajstić information content (AvgIpc) is 3.12. The summed E-state index contributed by atoms with van der Waals surface area (Å²) < 4.78 is 0. The van der Waals surface area contributed by atoms with Crippen molar-refractivity contribution in [2.75, 3.05) is 5.32 Å². The van der Waals surface area contributed by atoms with Crippen LogP contribution >= 0.6 is 0 Å². The van der Waals surface area contributed by atoms with E-state index in [-0.39, 0.29) is 17.4 Å². The van der Waals surface area contributed by atoms with Gasteiger partial charge in [0.2, 0.25) is 5.91 Å². The molecule has 0 aromatic carbocycles. The summed E-state index contributed by atoms with van der Waals surface area (Å²) in [7, 11) is 0. The monoisotopic (exact) mass is 234 g/mol. The third kappa shape index (κ3) is 2.81. The molecule has 1 amide bonds. The Morgan fingerprint density at radius 1 is 1.47 bits per heavy atom. The van der Waals surface area contributed by atoms with Crippen molar-refractivity contribution in [3.63, 3.8) is 0 Å². The Bertz CT molecular complexity index is 455. The highest BCUT2D eigenvalue weighted by atomic mass is 16.4. The number of amides is 1. The molecule has 1 aliphatic rings. The fourth-order valence-corrected chi connectivity index (χ4v) is 1.69. The molecule has 1 heterocycles. The van der Waals surface area contributed by atoms with Crippen molar-refractivity contribution in [1.82, 2.24) is 4.98 Å². The van der Waals surface area contributed by atoms with E-state index in [1.54, 1.807) is 0 Å². The highest BCUT2D eigenvalue weighted by Gasteiger charge is 2.32. The lowest BCUT2D eigenvalue weighted by Crippen LogP contribution is -2.22. The lowest BCUT2D eigenvalue weighted by atomic mass is 10.1. The number of anilines is 1. The van der Waals surface area contributed by atoms with Gasteiger partial charge >= 0.3 is 5.97 Å². The van der Waals surface area contributed by atoms with Crippen LogP contribution in [0.2, 0.25) is 0 Å². The summed E-state index contributed by atoms with van der Waals surface area (Å²) in [6.07, 6.45) is 4.90. The maximum absolute atomic E-state index is 11.8. The molecule has 2 rings (SSSR count). The Labute approximate surface area is 98.9 Å². The van der Waals surface area contributed by atoms with Crippen LogP contribution < -0.4 is 5.32 Å². The first-order chi connectivity index (χ1) is 8.08. The number of nitrogens with zero attached hydrogens (tertiary/aromatic N) is 1. The van der Waals surface area contributed by atoms with Gasteiger partial charge in [-0.25, -0.2) is 4.79 Å². The fourth-order valence-electron chi connectivity index (χ4n) is 1.69. The number of nitrogens with one attached hydrogen (secondary N) is 1. The van der Waals surface area contributed by atoms with Crippen LogP contribution in [-0.2, 0) is 4.79 Å². The lowest BCUT2D eigenvalue weighted by Gasteiger charge is -2.10. The predicted molar refractivity (Wildman–Crippen MR) is 61.7 cm³/mol. The van der Waals surface area contributed by atoms with E-state index in [1.165, 1.54) is 18.5 Å². The molecular weight excluding hydrogens is 220 g/mol. The number of carboxylic acid groups (broad SMARTS) is 1. The number of carbonyl (C=O) groups is 2. The number of aromatic nitrogens is 1. The van der Waals surface area contributed by atoms with Crippen LogP contribution in [0.3, 0.4) is 0 Å². The van der Waals surface area contributed by atoms with Gasteiger partial charge in [0.15, 0.2) is 0 Å². The molecular formula is C12H14N2O3. The minimum absolute atomic E-state index is 0.0246. The third-order valence-corrected chi connectivity index (χ3v) is 3.00. The molecule has 2 N–H and O–H groups in total. The van der Waals surface area contributed by atoms with E-state index in [0.29, 0.717) is 11.6 Å². The summed E-state index contributed by atoms with van der Waals surface area (Å²) in [5, 5.41) is 11.5. The first kappa shape index (κ1) is 11.6. The first-order valence-electron chi connectivity index (χ1n) is 5.57. The molecule has 1 fully saturated rings. The smallest absolute Gasteiger partial charge is 0.337 e. The van der Waals surface area contributed by atoms with E-state index in [4.69, 9.17) is 5.11 Å². The molecule has 0 aliphatic heterocycles. The molecule has 0 radical (unpaired) electrons. The molecule has 0 saturated heterocycles. The molecule has 1 unspecified atom stereocenters. The molecule has 1 saturated carbocycles. The topological polar surface area (TPSA) is 79.3 Å². The number of carboxylic acids is 1. The van der Waals surface area contributed by atoms with Crippen molar-refractivity contribution in [3.05, 3.63) is 24.0 Å². The molecule has 1 aliphatic carbocycles. The zero-order chi connectivity index (χ0) is 12.4. The molecule has 17 heavy (non-hydrogen) atoms. The van der Waals surface area contributed by atoms with Gasteiger partial charge in [-0.05, 0) is 24.8 Å². The minimum atomic E-state index is -1.05. The highest BCUT2D eigenvalue weighted by molar-refractivity contribution is 5.94. The Hall–Kier alpha value is -1.91. The second kappa shape index (κ2) is 4.53. The maximum atomic E-state index is 11.8. The number of aromatic carboxylic acids is 1. The van der Waals surface area contributed by atoms with Crippen molar-refractivity contribution in [3.8, 4) is 0 Å². The SMILES string of the molecule is CC(C(=O)Nc1cncc(C(=O)O)c1)C1CC1. The fraction of sp³-hybridized carbons (Fsp3) is 0.417. The lowest BCUT2D eigenvalue weighted by molar-refractivity contribution is -0.119. The van der Waals surface area contributed by atoms with Crippen LogP contribution in [0.25, 0.3) is 0 Å². The van der Waals surface area contributed by atoms with Gasteiger partial charge in [-0.1, -0.05) is 6.92 Å². The summed E-state index contributed by atoms with van der Waals surface area (Å²) in [5.41, 5.74) is 0.504. The van der Waals surface area contributed by atoms with Gasteiger partial charge in [-0.3, -0.25) is 9.78 Å². The highest BCUT2D eigenvalue weighted by Crippen LogP contribution is 2.36.